The highest BCUT2D eigenvalue weighted by molar-refractivity contribution is 8.03. The minimum absolute atomic E-state index is 0.269. The second-order valence-corrected chi connectivity index (χ2v) is 9.71. The quantitative estimate of drug-likeness (QED) is 0.520. The molecule has 0 N–H and O–H groups in total. The van der Waals surface area contributed by atoms with Crippen molar-refractivity contribution in [3.05, 3.63) is 102 Å². The lowest BCUT2D eigenvalue weighted by atomic mass is 9.68. The number of fused-ring (bicyclic) bond motifs is 2. The highest BCUT2D eigenvalue weighted by atomic mass is 32.2. The van der Waals surface area contributed by atoms with E-state index in [-0.39, 0.29) is 5.91 Å². The number of piperidine rings is 1. The fraction of sp³-hybridized carbons (Fsp3) is 0.222. The van der Waals surface area contributed by atoms with Crippen LogP contribution in [0, 0.1) is 11.8 Å². The van der Waals surface area contributed by atoms with E-state index in [0.29, 0.717) is 11.3 Å². The molecule has 2 saturated heterocycles. The summed E-state index contributed by atoms with van der Waals surface area (Å²) < 4.78 is 9.08. The Morgan fingerprint density at radius 3 is 1.74 bits per heavy atom. The number of ether oxygens (including phenoxy) is 2. The number of para-hydroxylation sites is 1. The molecule has 172 valence electrons. The summed E-state index contributed by atoms with van der Waals surface area (Å²) >= 11 is 1.32. The van der Waals surface area contributed by atoms with Gasteiger partial charge in [-0.05, 0) is 23.3 Å². The molecular weight excluding hydrogens is 450 g/mol. The zero-order valence-electron chi connectivity index (χ0n) is 18.7. The molecule has 5 rings (SSSR count). The Bertz CT molecular complexity index is 1240. The Morgan fingerprint density at radius 1 is 0.735 bits per heavy atom. The molecule has 7 heteroatoms. The average Bonchev–Trinajstić information content (AvgIpc) is 3.37. The van der Waals surface area contributed by atoms with Crippen molar-refractivity contribution in [1.82, 2.24) is 0 Å². The summed E-state index contributed by atoms with van der Waals surface area (Å²) in [6, 6.07) is 27.7. The van der Waals surface area contributed by atoms with E-state index < -0.39 is 33.4 Å². The van der Waals surface area contributed by atoms with Crippen molar-refractivity contribution >= 4 is 35.3 Å². The number of methoxy groups -OCH3 is 2. The van der Waals surface area contributed by atoms with Crippen molar-refractivity contribution in [2.75, 3.05) is 19.1 Å². The molecule has 0 unspecified atom stereocenters. The SMILES string of the molecule is COC(=O)[C@@H]1[C@H](C(=O)OC)[C@@]2(c3ccccc3)S[C@@]1(c1ccccc1)N(c1ccccc1)C2=O. The number of anilines is 1. The number of nitrogens with zero attached hydrogens (tertiary/aromatic N) is 1. The van der Waals surface area contributed by atoms with Crippen molar-refractivity contribution in [3.8, 4) is 0 Å². The lowest BCUT2D eigenvalue weighted by Gasteiger charge is -2.45. The van der Waals surface area contributed by atoms with E-state index in [4.69, 9.17) is 9.47 Å². The van der Waals surface area contributed by atoms with Crippen LogP contribution in [0.2, 0.25) is 0 Å². The van der Waals surface area contributed by atoms with E-state index in [1.54, 1.807) is 4.90 Å². The standard InChI is InChI=1S/C27H23NO5S/c1-32-23(29)21-22(24(30)33-2)27(19-14-8-4-9-15-19)28(20-16-10-5-11-17-20)25(31)26(21,34-27)18-12-6-3-7-13-18/h3-17,21-22H,1-2H3/t21-,22+,26-,27-/m1/s1. The van der Waals surface area contributed by atoms with Crippen LogP contribution >= 0.6 is 11.8 Å². The Hall–Kier alpha value is -3.58. The number of benzene rings is 3. The molecule has 2 fully saturated rings. The molecule has 0 saturated carbocycles. The third-order valence-corrected chi connectivity index (χ3v) is 8.65. The minimum Gasteiger partial charge on any atom is -0.469 e. The number of thioether (sulfide) groups is 1. The zero-order valence-corrected chi connectivity index (χ0v) is 19.5. The van der Waals surface area contributed by atoms with Gasteiger partial charge in [-0.1, -0.05) is 78.9 Å². The van der Waals surface area contributed by atoms with Crippen molar-refractivity contribution in [2.24, 2.45) is 11.8 Å². The van der Waals surface area contributed by atoms with E-state index in [2.05, 4.69) is 0 Å². The third-order valence-electron chi connectivity index (χ3n) is 6.68. The Morgan fingerprint density at radius 2 is 1.21 bits per heavy atom. The van der Waals surface area contributed by atoms with Crippen LogP contribution in [0.5, 0.6) is 0 Å². The molecule has 2 aliphatic rings. The predicted molar refractivity (Wildman–Crippen MR) is 129 cm³/mol. The molecule has 0 aromatic heterocycles. The first-order valence-corrected chi connectivity index (χ1v) is 11.7. The number of amides is 1. The Labute approximate surface area is 201 Å². The van der Waals surface area contributed by atoms with Gasteiger partial charge >= 0.3 is 11.9 Å². The van der Waals surface area contributed by atoms with Crippen molar-refractivity contribution in [3.63, 3.8) is 0 Å². The maximum atomic E-state index is 14.5. The fourth-order valence-electron chi connectivity index (χ4n) is 5.34. The summed E-state index contributed by atoms with van der Waals surface area (Å²) in [7, 11) is 2.58. The molecular formula is C27H23NO5S. The number of rotatable bonds is 5. The lowest BCUT2D eigenvalue weighted by Crippen LogP contribution is -2.61. The molecule has 2 heterocycles. The number of carbonyl (C=O) groups is 3. The number of carbonyl (C=O) groups excluding carboxylic acids is 3. The largest absolute Gasteiger partial charge is 0.469 e. The first-order valence-electron chi connectivity index (χ1n) is 10.9. The second kappa shape index (κ2) is 8.33. The van der Waals surface area contributed by atoms with Gasteiger partial charge in [0.05, 0.1) is 14.2 Å². The van der Waals surface area contributed by atoms with Crippen LogP contribution in [0.15, 0.2) is 91.0 Å². The van der Waals surface area contributed by atoms with E-state index in [1.807, 2.05) is 91.0 Å². The van der Waals surface area contributed by atoms with Gasteiger partial charge in [0.1, 0.15) is 21.5 Å². The summed E-state index contributed by atoms with van der Waals surface area (Å²) in [6.07, 6.45) is 0. The van der Waals surface area contributed by atoms with Gasteiger partial charge in [-0.3, -0.25) is 19.3 Å². The van der Waals surface area contributed by atoms with Gasteiger partial charge in [0.25, 0.3) is 0 Å². The van der Waals surface area contributed by atoms with Crippen molar-refractivity contribution < 1.29 is 23.9 Å². The van der Waals surface area contributed by atoms with Gasteiger partial charge in [0.15, 0.2) is 0 Å². The van der Waals surface area contributed by atoms with Gasteiger partial charge in [0.2, 0.25) is 5.91 Å². The van der Waals surface area contributed by atoms with Crippen LogP contribution < -0.4 is 4.90 Å². The first kappa shape index (κ1) is 22.2. The van der Waals surface area contributed by atoms with Gasteiger partial charge in [0, 0.05) is 5.69 Å². The molecule has 3 aromatic rings. The minimum atomic E-state index is -1.38. The van der Waals surface area contributed by atoms with Gasteiger partial charge in [-0.2, -0.15) is 0 Å². The molecule has 2 aliphatic heterocycles. The maximum absolute atomic E-state index is 14.5. The normalized spacial score (nSPS) is 27.5. The number of hydrogen-bond acceptors (Lipinski definition) is 6. The topological polar surface area (TPSA) is 72.9 Å². The van der Waals surface area contributed by atoms with Crippen LogP contribution in [-0.4, -0.2) is 32.1 Å². The second-order valence-electron chi connectivity index (χ2n) is 8.24. The molecule has 1 amide bonds. The predicted octanol–water partition coefficient (Wildman–Crippen LogP) is 4.11. The molecule has 2 bridgehead atoms. The molecule has 0 spiro atoms. The molecule has 0 aliphatic carbocycles. The van der Waals surface area contributed by atoms with E-state index in [1.165, 1.54) is 26.0 Å². The first-order chi connectivity index (χ1) is 16.5. The van der Waals surface area contributed by atoms with Crippen LogP contribution in [0.3, 0.4) is 0 Å². The maximum Gasteiger partial charge on any atom is 0.313 e. The summed E-state index contributed by atoms with van der Waals surface area (Å²) in [5.41, 5.74) is 2.02. The fourth-order valence-corrected chi connectivity index (χ4v) is 7.52. The highest BCUT2D eigenvalue weighted by Gasteiger charge is 2.80. The lowest BCUT2D eigenvalue weighted by molar-refractivity contribution is -0.163. The number of esters is 2. The summed E-state index contributed by atoms with van der Waals surface area (Å²) in [5, 5.41) is 0. The highest BCUT2D eigenvalue weighted by Crippen LogP contribution is 2.74. The van der Waals surface area contributed by atoms with E-state index >= 15 is 0 Å². The van der Waals surface area contributed by atoms with E-state index in [9.17, 15) is 14.4 Å². The summed E-state index contributed by atoms with van der Waals surface area (Å²) in [5.74, 6) is -3.54. The van der Waals surface area contributed by atoms with Crippen LogP contribution in [0.4, 0.5) is 5.69 Å². The zero-order chi connectivity index (χ0) is 23.9. The monoisotopic (exact) mass is 473 g/mol. The van der Waals surface area contributed by atoms with Crippen molar-refractivity contribution in [2.45, 2.75) is 9.62 Å². The van der Waals surface area contributed by atoms with Crippen molar-refractivity contribution in [1.29, 1.82) is 0 Å². The number of hydrogen-bond donors (Lipinski definition) is 0. The molecule has 3 aromatic carbocycles. The summed E-state index contributed by atoms with van der Waals surface area (Å²) in [4.78, 5) is 41.8. The van der Waals surface area contributed by atoms with E-state index in [0.717, 1.165) is 5.56 Å². The van der Waals surface area contributed by atoms with Gasteiger partial charge < -0.3 is 9.47 Å². The Balaban J connectivity index is 1.89. The van der Waals surface area contributed by atoms with Crippen LogP contribution in [0.25, 0.3) is 0 Å². The third kappa shape index (κ3) is 2.86. The smallest absolute Gasteiger partial charge is 0.313 e. The molecule has 34 heavy (non-hydrogen) atoms. The van der Waals surface area contributed by atoms with Gasteiger partial charge in [-0.15, -0.1) is 11.8 Å². The molecule has 4 atom stereocenters. The Kier molecular flexibility index (Phi) is 5.44. The van der Waals surface area contributed by atoms with Gasteiger partial charge in [-0.25, -0.2) is 0 Å². The van der Waals surface area contributed by atoms with Crippen LogP contribution in [0.1, 0.15) is 11.1 Å². The summed E-state index contributed by atoms with van der Waals surface area (Å²) in [6.45, 7) is 0. The average molecular weight is 474 g/mol. The molecule has 6 nitrogen and oxygen atoms in total. The van der Waals surface area contributed by atoms with Crippen LogP contribution in [-0.2, 0) is 33.5 Å². The molecule has 0 radical (unpaired) electrons.